The molecule has 1 saturated heterocycles. The van der Waals surface area contributed by atoms with Crippen LogP contribution in [0.5, 0.6) is 0 Å². The number of carbonyl (C=O) groups excluding carboxylic acids is 1. The highest BCUT2D eigenvalue weighted by molar-refractivity contribution is 7.89. The summed E-state index contributed by atoms with van der Waals surface area (Å²) in [6.07, 6.45) is 3.71. The molecule has 2 aromatic rings. The number of nitrogens with zero attached hydrogens (tertiary/aromatic N) is 1. The maximum absolute atomic E-state index is 13.6. The molecule has 1 aliphatic heterocycles. The molecule has 1 amide bonds. The molecule has 7 heteroatoms. The Morgan fingerprint density at radius 2 is 2.04 bits per heavy atom. The van der Waals surface area contributed by atoms with Crippen molar-refractivity contribution in [2.75, 3.05) is 11.9 Å². The van der Waals surface area contributed by atoms with E-state index in [0.29, 0.717) is 12.2 Å². The van der Waals surface area contributed by atoms with E-state index in [1.165, 1.54) is 6.92 Å². The zero-order valence-corrected chi connectivity index (χ0v) is 16.7. The molecule has 1 aromatic carbocycles. The lowest BCUT2D eigenvalue weighted by Gasteiger charge is -2.29. The van der Waals surface area contributed by atoms with E-state index in [2.05, 4.69) is 5.32 Å². The van der Waals surface area contributed by atoms with E-state index in [0.717, 1.165) is 36.1 Å². The fourth-order valence-corrected chi connectivity index (χ4v) is 6.25. The zero-order chi connectivity index (χ0) is 18.7. The maximum Gasteiger partial charge on any atom is 0.245 e. The monoisotopic (exact) mass is 392 g/mol. The molecule has 1 aliphatic rings. The number of thiophene rings is 1. The van der Waals surface area contributed by atoms with Crippen molar-refractivity contribution in [1.82, 2.24) is 4.31 Å². The summed E-state index contributed by atoms with van der Waals surface area (Å²) < 4.78 is 28.8. The van der Waals surface area contributed by atoms with Crippen LogP contribution in [0.3, 0.4) is 0 Å². The second-order valence-corrected chi connectivity index (χ2v) is 9.52. The van der Waals surface area contributed by atoms with E-state index >= 15 is 0 Å². The third-order valence-corrected chi connectivity index (χ3v) is 7.53. The van der Waals surface area contributed by atoms with Crippen LogP contribution < -0.4 is 5.32 Å². The molecule has 140 valence electrons. The second-order valence-electron chi connectivity index (χ2n) is 6.68. The van der Waals surface area contributed by atoms with Crippen LogP contribution in [0.4, 0.5) is 5.69 Å². The van der Waals surface area contributed by atoms with Crippen molar-refractivity contribution in [3.63, 3.8) is 0 Å². The molecule has 0 radical (unpaired) electrons. The topological polar surface area (TPSA) is 66.5 Å². The molecule has 2 heterocycles. The molecule has 1 atom stereocenters. The highest BCUT2D eigenvalue weighted by Gasteiger charge is 2.35. The Hall–Kier alpha value is -1.70. The number of carbonyl (C=O) groups is 1. The molecule has 1 N–H and O–H groups in total. The summed E-state index contributed by atoms with van der Waals surface area (Å²) in [5.41, 5.74) is 1.19. The summed E-state index contributed by atoms with van der Waals surface area (Å²) in [6, 6.07) is 8.95. The van der Waals surface area contributed by atoms with Crippen molar-refractivity contribution < 1.29 is 13.2 Å². The number of sulfonamides is 1. The molecule has 0 spiro atoms. The van der Waals surface area contributed by atoms with Gasteiger partial charge in [0.25, 0.3) is 0 Å². The third-order valence-electron chi connectivity index (χ3n) is 4.61. The Bertz CT molecular complexity index is 876. The van der Waals surface area contributed by atoms with Crippen molar-refractivity contribution in [2.45, 2.75) is 50.5 Å². The largest absolute Gasteiger partial charge is 0.325 e. The summed E-state index contributed by atoms with van der Waals surface area (Å²) in [4.78, 5) is 12.8. The summed E-state index contributed by atoms with van der Waals surface area (Å²) in [7, 11) is -3.73. The van der Waals surface area contributed by atoms with Crippen LogP contribution in [0.2, 0.25) is 0 Å². The van der Waals surface area contributed by atoms with Gasteiger partial charge in [-0.3, -0.25) is 4.79 Å². The van der Waals surface area contributed by atoms with Gasteiger partial charge in [0.1, 0.15) is 4.90 Å². The van der Waals surface area contributed by atoms with Crippen molar-refractivity contribution in [3.05, 3.63) is 46.2 Å². The molecule has 0 aliphatic carbocycles. The SMILES string of the molecule is CC(=O)Nc1ccc(C)cc1S(=O)(=O)N1CCCCC[C@@H]1c1cccs1. The van der Waals surface area contributed by atoms with E-state index in [1.54, 1.807) is 27.8 Å². The number of hydrogen-bond donors (Lipinski definition) is 1. The Morgan fingerprint density at radius 3 is 2.73 bits per heavy atom. The molecular weight excluding hydrogens is 368 g/mol. The average Bonchev–Trinajstić information content (AvgIpc) is 2.99. The number of benzene rings is 1. The first-order valence-electron chi connectivity index (χ1n) is 8.83. The van der Waals surface area contributed by atoms with Crippen molar-refractivity contribution in [2.24, 2.45) is 0 Å². The first kappa shape index (κ1) is 19.1. The van der Waals surface area contributed by atoms with Gasteiger partial charge in [-0.25, -0.2) is 8.42 Å². The van der Waals surface area contributed by atoms with Gasteiger partial charge < -0.3 is 5.32 Å². The van der Waals surface area contributed by atoms with E-state index < -0.39 is 10.0 Å². The number of anilines is 1. The Morgan fingerprint density at radius 1 is 1.23 bits per heavy atom. The van der Waals surface area contributed by atoms with Crippen LogP contribution in [0.1, 0.15) is 49.1 Å². The van der Waals surface area contributed by atoms with Crippen LogP contribution in [-0.4, -0.2) is 25.2 Å². The second kappa shape index (κ2) is 7.90. The molecular formula is C19H24N2O3S2. The molecule has 0 bridgehead atoms. The van der Waals surface area contributed by atoms with Crippen molar-refractivity contribution >= 4 is 33.0 Å². The van der Waals surface area contributed by atoms with Crippen LogP contribution >= 0.6 is 11.3 Å². The van der Waals surface area contributed by atoms with Crippen LogP contribution in [0.25, 0.3) is 0 Å². The molecule has 1 aromatic heterocycles. The summed E-state index contributed by atoms with van der Waals surface area (Å²) >= 11 is 1.60. The van der Waals surface area contributed by atoms with Gasteiger partial charge in [-0.2, -0.15) is 4.31 Å². The first-order valence-corrected chi connectivity index (χ1v) is 11.1. The van der Waals surface area contributed by atoms with Gasteiger partial charge in [0, 0.05) is 18.3 Å². The number of aryl methyl sites for hydroxylation is 1. The fourth-order valence-electron chi connectivity index (χ4n) is 3.40. The lowest BCUT2D eigenvalue weighted by molar-refractivity contribution is -0.114. The molecule has 1 fully saturated rings. The number of nitrogens with one attached hydrogen (secondary N) is 1. The van der Waals surface area contributed by atoms with Crippen molar-refractivity contribution in [1.29, 1.82) is 0 Å². The van der Waals surface area contributed by atoms with Crippen LogP contribution in [-0.2, 0) is 14.8 Å². The van der Waals surface area contributed by atoms with E-state index in [9.17, 15) is 13.2 Å². The molecule has 5 nitrogen and oxygen atoms in total. The van der Waals surface area contributed by atoms with Gasteiger partial charge in [-0.05, 0) is 48.9 Å². The number of rotatable bonds is 4. The van der Waals surface area contributed by atoms with Gasteiger partial charge in [-0.15, -0.1) is 11.3 Å². The summed E-state index contributed by atoms with van der Waals surface area (Å²) in [5, 5.41) is 4.66. The minimum Gasteiger partial charge on any atom is -0.325 e. The quantitative estimate of drug-likeness (QED) is 0.842. The Labute approximate surface area is 159 Å². The van der Waals surface area contributed by atoms with Crippen LogP contribution in [0.15, 0.2) is 40.6 Å². The number of amides is 1. The Balaban J connectivity index is 2.07. The van der Waals surface area contributed by atoms with Gasteiger partial charge in [0.05, 0.1) is 11.7 Å². The fraction of sp³-hybridized carbons (Fsp3) is 0.421. The highest BCUT2D eigenvalue weighted by Crippen LogP contribution is 2.38. The smallest absolute Gasteiger partial charge is 0.245 e. The van der Waals surface area contributed by atoms with Gasteiger partial charge in [-0.1, -0.05) is 25.0 Å². The average molecular weight is 393 g/mol. The van der Waals surface area contributed by atoms with E-state index in [1.807, 2.05) is 30.5 Å². The predicted molar refractivity (Wildman–Crippen MR) is 105 cm³/mol. The highest BCUT2D eigenvalue weighted by atomic mass is 32.2. The minimum atomic E-state index is -3.73. The van der Waals surface area contributed by atoms with Crippen LogP contribution in [0, 0.1) is 6.92 Å². The predicted octanol–water partition coefficient (Wildman–Crippen LogP) is 4.32. The molecule has 3 rings (SSSR count). The lowest BCUT2D eigenvalue weighted by Crippen LogP contribution is -2.35. The zero-order valence-electron chi connectivity index (χ0n) is 15.1. The lowest BCUT2D eigenvalue weighted by atomic mass is 10.1. The normalized spacial score (nSPS) is 19.1. The standard InChI is InChI=1S/C19H24N2O3S2/c1-14-9-10-16(20-15(2)22)19(13-14)26(23,24)21-11-5-3-4-7-17(21)18-8-6-12-25-18/h6,8-10,12-13,17H,3-5,7,11H2,1-2H3,(H,20,22)/t17-/m1/s1. The van der Waals surface area contributed by atoms with Gasteiger partial charge >= 0.3 is 0 Å². The maximum atomic E-state index is 13.6. The third kappa shape index (κ3) is 4.00. The molecule has 0 saturated carbocycles. The number of hydrogen-bond acceptors (Lipinski definition) is 4. The molecule has 26 heavy (non-hydrogen) atoms. The molecule has 0 unspecified atom stereocenters. The van der Waals surface area contributed by atoms with Crippen molar-refractivity contribution in [3.8, 4) is 0 Å². The first-order chi connectivity index (χ1) is 12.4. The summed E-state index contributed by atoms with van der Waals surface area (Å²) in [5.74, 6) is -0.282. The summed E-state index contributed by atoms with van der Waals surface area (Å²) in [6.45, 7) is 3.74. The Kier molecular flexibility index (Phi) is 5.79. The van der Waals surface area contributed by atoms with E-state index in [-0.39, 0.29) is 16.8 Å². The van der Waals surface area contributed by atoms with Gasteiger partial charge in [0.15, 0.2) is 0 Å². The van der Waals surface area contributed by atoms with E-state index in [4.69, 9.17) is 0 Å². The minimum absolute atomic E-state index is 0.145. The van der Waals surface area contributed by atoms with Gasteiger partial charge in [0.2, 0.25) is 15.9 Å².